The van der Waals surface area contributed by atoms with Crippen LogP contribution in [0, 0.1) is 5.41 Å². The maximum atomic E-state index is 13.2. The quantitative estimate of drug-likeness (QED) is 0.262. The number of carbonyl (C=O) groups excluding carboxylic acids is 1. The molecule has 0 spiro atoms. The maximum absolute atomic E-state index is 13.2. The minimum Gasteiger partial charge on any atom is -0.384 e. The third-order valence-electron chi connectivity index (χ3n) is 5.18. The third kappa shape index (κ3) is 4.00. The van der Waals surface area contributed by atoms with Crippen molar-refractivity contribution in [2.24, 2.45) is 5.73 Å². The Morgan fingerprint density at radius 3 is 2.23 bits per heavy atom. The van der Waals surface area contributed by atoms with Crippen LogP contribution in [0.2, 0.25) is 0 Å². The van der Waals surface area contributed by atoms with Crippen LogP contribution in [0.1, 0.15) is 27.9 Å². The lowest BCUT2D eigenvalue weighted by molar-refractivity contribution is 0.0984. The van der Waals surface area contributed by atoms with E-state index in [9.17, 15) is 13.2 Å². The lowest BCUT2D eigenvalue weighted by atomic mass is 10.0. The molecule has 0 aliphatic carbocycles. The van der Waals surface area contributed by atoms with E-state index in [0.717, 1.165) is 5.56 Å². The molecule has 6 nitrogen and oxygen atoms in total. The second-order valence-corrected chi connectivity index (χ2v) is 9.02. The van der Waals surface area contributed by atoms with E-state index in [4.69, 9.17) is 11.1 Å². The van der Waals surface area contributed by atoms with Crippen molar-refractivity contribution in [3.05, 3.63) is 102 Å². The Bertz CT molecular complexity index is 1370. The number of ketones is 1. The first-order chi connectivity index (χ1) is 14.9. The Labute approximate surface area is 180 Å². The number of carbonyl (C=O) groups is 1. The van der Waals surface area contributed by atoms with Crippen LogP contribution < -0.4 is 5.73 Å². The van der Waals surface area contributed by atoms with Gasteiger partial charge < -0.3 is 5.73 Å². The van der Waals surface area contributed by atoms with Crippen molar-refractivity contribution in [2.45, 2.75) is 17.7 Å². The smallest absolute Gasteiger partial charge is 0.268 e. The van der Waals surface area contributed by atoms with E-state index < -0.39 is 10.0 Å². The molecule has 0 aliphatic heterocycles. The Hall–Kier alpha value is -3.71. The summed E-state index contributed by atoms with van der Waals surface area (Å²) in [6.45, 7) is 0. The van der Waals surface area contributed by atoms with Crippen LogP contribution in [0.3, 0.4) is 0 Å². The van der Waals surface area contributed by atoms with Crippen LogP contribution in [-0.2, 0) is 16.4 Å². The van der Waals surface area contributed by atoms with E-state index in [1.165, 1.54) is 22.3 Å². The van der Waals surface area contributed by atoms with E-state index in [2.05, 4.69) is 0 Å². The molecule has 7 heteroatoms. The van der Waals surface area contributed by atoms with Crippen LogP contribution in [0.15, 0.2) is 90.0 Å². The highest BCUT2D eigenvalue weighted by Gasteiger charge is 2.23. The lowest BCUT2D eigenvalue weighted by Crippen LogP contribution is -2.12. The molecule has 0 fully saturated rings. The summed E-state index contributed by atoms with van der Waals surface area (Å²) in [5.41, 5.74) is 7.90. The number of hydrogen-bond acceptors (Lipinski definition) is 4. The molecule has 0 atom stereocenters. The molecule has 0 unspecified atom stereocenters. The van der Waals surface area contributed by atoms with Gasteiger partial charge >= 0.3 is 0 Å². The number of nitrogens with two attached hydrogens (primary N) is 1. The Morgan fingerprint density at radius 2 is 1.55 bits per heavy atom. The van der Waals surface area contributed by atoms with Gasteiger partial charge in [-0.1, -0.05) is 60.7 Å². The molecule has 156 valence electrons. The number of benzene rings is 3. The van der Waals surface area contributed by atoms with Crippen molar-refractivity contribution in [3.8, 4) is 0 Å². The number of amidine groups is 1. The molecular weight excluding hydrogens is 410 g/mol. The van der Waals surface area contributed by atoms with Crippen molar-refractivity contribution in [3.63, 3.8) is 0 Å². The van der Waals surface area contributed by atoms with Crippen molar-refractivity contribution in [1.82, 2.24) is 3.97 Å². The molecule has 3 aromatic carbocycles. The van der Waals surface area contributed by atoms with E-state index in [1.54, 1.807) is 54.6 Å². The van der Waals surface area contributed by atoms with Gasteiger partial charge in [0.25, 0.3) is 10.0 Å². The van der Waals surface area contributed by atoms with Crippen LogP contribution in [0.25, 0.3) is 10.9 Å². The second kappa shape index (κ2) is 8.20. The molecule has 0 aliphatic rings. The summed E-state index contributed by atoms with van der Waals surface area (Å²) in [4.78, 5) is 13.2. The molecule has 1 aromatic heterocycles. The van der Waals surface area contributed by atoms with Crippen LogP contribution >= 0.6 is 0 Å². The lowest BCUT2D eigenvalue weighted by Gasteiger charge is -2.07. The fourth-order valence-corrected chi connectivity index (χ4v) is 4.91. The number of aryl methyl sites for hydroxylation is 1. The summed E-state index contributed by atoms with van der Waals surface area (Å²) < 4.78 is 27.5. The highest BCUT2D eigenvalue weighted by atomic mass is 32.2. The first-order valence-corrected chi connectivity index (χ1v) is 11.2. The van der Waals surface area contributed by atoms with E-state index in [1.807, 2.05) is 12.1 Å². The molecule has 0 saturated heterocycles. The number of nitrogens with zero attached hydrogens (tertiary/aromatic N) is 1. The number of hydrogen-bond donors (Lipinski definition) is 2. The number of fused-ring (bicyclic) bond motifs is 1. The summed E-state index contributed by atoms with van der Waals surface area (Å²) in [6, 6.07) is 22.4. The fraction of sp³-hybridized carbons (Fsp3) is 0.0833. The fourth-order valence-electron chi connectivity index (χ4n) is 3.52. The second-order valence-electron chi connectivity index (χ2n) is 7.21. The van der Waals surface area contributed by atoms with Crippen molar-refractivity contribution >= 4 is 32.5 Å². The number of Topliss-reactive ketones (excluding diaryl/α,β-unsaturated/α-hetero) is 1. The molecule has 0 radical (unpaired) electrons. The van der Waals surface area contributed by atoms with Gasteiger partial charge in [-0.3, -0.25) is 10.2 Å². The third-order valence-corrected chi connectivity index (χ3v) is 6.87. The summed E-state index contributed by atoms with van der Waals surface area (Å²) in [6.07, 6.45) is 2.16. The molecule has 31 heavy (non-hydrogen) atoms. The normalized spacial score (nSPS) is 11.5. The van der Waals surface area contributed by atoms with Crippen LogP contribution in [-0.4, -0.2) is 24.0 Å². The Kier molecular flexibility index (Phi) is 5.44. The predicted octanol–water partition coefficient (Wildman–Crippen LogP) is 3.98. The molecule has 4 aromatic rings. The van der Waals surface area contributed by atoms with Gasteiger partial charge in [-0.05, 0) is 30.2 Å². The van der Waals surface area contributed by atoms with Gasteiger partial charge in [-0.25, -0.2) is 12.4 Å². The van der Waals surface area contributed by atoms with Crippen molar-refractivity contribution < 1.29 is 13.2 Å². The van der Waals surface area contributed by atoms with Gasteiger partial charge in [-0.2, -0.15) is 0 Å². The molecule has 3 N–H and O–H groups in total. The zero-order valence-electron chi connectivity index (χ0n) is 16.7. The average Bonchev–Trinajstić information content (AvgIpc) is 3.19. The summed E-state index contributed by atoms with van der Waals surface area (Å²) >= 11 is 0. The summed E-state index contributed by atoms with van der Waals surface area (Å²) in [5.74, 6) is -0.135. The Morgan fingerprint density at radius 1 is 0.903 bits per heavy atom. The number of aromatic nitrogens is 1. The highest BCUT2D eigenvalue weighted by molar-refractivity contribution is 7.90. The first-order valence-electron chi connectivity index (χ1n) is 9.75. The zero-order chi connectivity index (χ0) is 22.0. The Balaban J connectivity index is 1.65. The molecule has 1 heterocycles. The minimum absolute atomic E-state index is 0.00457. The molecule has 0 saturated carbocycles. The van der Waals surface area contributed by atoms with Crippen molar-refractivity contribution in [2.75, 3.05) is 0 Å². The van der Waals surface area contributed by atoms with Crippen LogP contribution in [0.5, 0.6) is 0 Å². The SMILES string of the molecule is N=C(N)c1ccc(CCC(=O)c2cn(S(=O)(=O)c3ccccc3)c3ccccc23)cc1. The van der Waals surface area contributed by atoms with Crippen LogP contribution in [0.4, 0.5) is 0 Å². The monoisotopic (exact) mass is 431 g/mol. The number of nitrogen functional groups attached to an aromatic ring is 1. The van der Waals surface area contributed by atoms with Gasteiger partial charge in [-0.15, -0.1) is 0 Å². The molecule has 0 amide bonds. The number of rotatable bonds is 7. The van der Waals surface area contributed by atoms with Gasteiger partial charge in [0.05, 0.1) is 10.4 Å². The van der Waals surface area contributed by atoms with Gasteiger partial charge in [0, 0.05) is 29.1 Å². The molecule has 4 rings (SSSR count). The maximum Gasteiger partial charge on any atom is 0.268 e. The predicted molar refractivity (Wildman–Crippen MR) is 121 cm³/mol. The van der Waals surface area contributed by atoms with Gasteiger partial charge in [0.15, 0.2) is 5.78 Å². The summed E-state index contributed by atoms with van der Waals surface area (Å²) in [7, 11) is -3.83. The zero-order valence-corrected chi connectivity index (χ0v) is 17.5. The van der Waals surface area contributed by atoms with E-state index in [0.29, 0.717) is 28.5 Å². The first kappa shape index (κ1) is 20.6. The van der Waals surface area contributed by atoms with E-state index in [-0.39, 0.29) is 22.9 Å². The van der Waals surface area contributed by atoms with E-state index >= 15 is 0 Å². The number of para-hydroxylation sites is 1. The molecular formula is C24H21N3O3S. The summed E-state index contributed by atoms with van der Waals surface area (Å²) in [5, 5.41) is 8.06. The van der Waals surface area contributed by atoms with Crippen molar-refractivity contribution in [1.29, 1.82) is 5.41 Å². The average molecular weight is 432 g/mol. The topological polar surface area (TPSA) is 106 Å². The van der Waals surface area contributed by atoms with Gasteiger partial charge in [0.1, 0.15) is 5.84 Å². The number of nitrogens with one attached hydrogen (secondary N) is 1. The largest absolute Gasteiger partial charge is 0.384 e. The van der Waals surface area contributed by atoms with Gasteiger partial charge in [0.2, 0.25) is 0 Å². The minimum atomic E-state index is -3.83. The molecule has 0 bridgehead atoms. The highest BCUT2D eigenvalue weighted by Crippen LogP contribution is 2.27. The standard InChI is InChI=1S/C24H21N3O3S/c25-24(26)18-13-10-17(11-14-18)12-15-23(28)21-16-27(22-9-5-4-8-20(21)22)31(29,30)19-6-2-1-3-7-19/h1-11,13-14,16H,12,15H2,(H3,25,26).